The molecule has 100 valence electrons. The van der Waals surface area contributed by atoms with Crippen LogP contribution in [0, 0.1) is 6.92 Å². The van der Waals surface area contributed by atoms with Crippen molar-refractivity contribution >= 4 is 21.8 Å². The first-order valence-corrected chi connectivity index (χ1v) is 6.97. The zero-order valence-corrected chi connectivity index (χ0v) is 12.9. The molecule has 1 N–H and O–H groups in total. The molecular formula is C15H17BrN2O. The molecule has 2 aromatic rings. The Morgan fingerprint density at radius 2 is 2.05 bits per heavy atom. The molecule has 0 aliphatic rings. The normalized spacial score (nSPS) is 12.2. The van der Waals surface area contributed by atoms with Crippen LogP contribution in [0.3, 0.4) is 0 Å². The van der Waals surface area contributed by atoms with E-state index in [1.807, 2.05) is 61.9 Å². The second kappa shape index (κ2) is 5.61. The quantitative estimate of drug-likeness (QED) is 0.921. The Bertz CT molecular complexity index is 604. The number of rotatable bonds is 3. The third-order valence-corrected chi connectivity index (χ3v) is 3.79. The molecule has 1 aromatic carbocycles. The SMILES string of the molecule is Cc1ccc(C(=O)N[C@H](C)c2cccc(Br)c2)n1C. The molecular weight excluding hydrogens is 304 g/mol. The summed E-state index contributed by atoms with van der Waals surface area (Å²) in [7, 11) is 1.90. The van der Waals surface area contributed by atoms with Crippen molar-refractivity contribution in [1.29, 1.82) is 0 Å². The van der Waals surface area contributed by atoms with Gasteiger partial charge in [0.25, 0.3) is 5.91 Å². The van der Waals surface area contributed by atoms with E-state index in [1.165, 1.54) is 0 Å². The van der Waals surface area contributed by atoms with Gasteiger partial charge in [0, 0.05) is 17.2 Å². The molecule has 0 fully saturated rings. The Hall–Kier alpha value is -1.55. The second-order valence-corrected chi connectivity index (χ2v) is 5.58. The van der Waals surface area contributed by atoms with Crippen molar-refractivity contribution in [3.63, 3.8) is 0 Å². The summed E-state index contributed by atoms with van der Waals surface area (Å²) >= 11 is 3.44. The predicted octanol–water partition coefficient (Wildman–Crippen LogP) is 3.59. The highest BCUT2D eigenvalue weighted by Gasteiger charge is 2.14. The highest BCUT2D eigenvalue weighted by atomic mass is 79.9. The van der Waals surface area contributed by atoms with Crippen LogP contribution in [0.25, 0.3) is 0 Å². The number of aromatic nitrogens is 1. The first kappa shape index (κ1) is 13.9. The Kier molecular flexibility index (Phi) is 4.10. The number of hydrogen-bond donors (Lipinski definition) is 1. The number of aryl methyl sites for hydroxylation is 1. The van der Waals surface area contributed by atoms with Gasteiger partial charge in [-0.3, -0.25) is 4.79 Å². The maximum atomic E-state index is 12.2. The number of carbonyl (C=O) groups excluding carboxylic acids is 1. The second-order valence-electron chi connectivity index (χ2n) is 4.67. The number of nitrogens with one attached hydrogen (secondary N) is 1. The molecule has 0 aliphatic heterocycles. The molecule has 0 unspecified atom stereocenters. The first-order chi connectivity index (χ1) is 8.99. The topological polar surface area (TPSA) is 34.0 Å². The third-order valence-electron chi connectivity index (χ3n) is 3.30. The van der Waals surface area contributed by atoms with Crippen LogP contribution in [0.1, 0.15) is 34.7 Å². The zero-order chi connectivity index (χ0) is 14.0. The average Bonchev–Trinajstić information content (AvgIpc) is 2.70. The lowest BCUT2D eigenvalue weighted by atomic mass is 10.1. The number of nitrogens with zero attached hydrogens (tertiary/aromatic N) is 1. The smallest absolute Gasteiger partial charge is 0.268 e. The van der Waals surface area contributed by atoms with Crippen molar-refractivity contribution in [3.05, 3.63) is 57.8 Å². The van der Waals surface area contributed by atoms with E-state index in [2.05, 4.69) is 21.2 Å². The molecule has 1 amide bonds. The van der Waals surface area contributed by atoms with Gasteiger partial charge in [-0.25, -0.2) is 0 Å². The number of amides is 1. The summed E-state index contributed by atoms with van der Waals surface area (Å²) in [5.74, 6) is -0.0527. The van der Waals surface area contributed by atoms with Gasteiger partial charge < -0.3 is 9.88 Å². The van der Waals surface area contributed by atoms with Crippen molar-refractivity contribution < 1.29 is 4.79 Å². The summed E-state index contributed by atoms with van der Waals surface area (Å²) in [5.41, 5.74) is 2.83. The molecule has 0 saturated heterocycles. The summed E-state index contributed by atoms with van der Waals surface area (Å²) in [4.78, 5) is 12.2. The van der Waals surface area contributed by atoms with E-state index in [1.54, 1.807) is 0 Å². The molecule has 1 heterocycles. The van der Waals surface area contributed by atoms with Crippen LogP contribution in [-0.4, -0.2) is 10.5 Å². The lowest BCUT2D eigenvalue weighted by Crippen LogP contribution is -2.28. The number of hydrogen-bond acceptors (Lipinski definition) is 1. The molecule has 1 aromatic heterocycles. The Labute approximate surface area is 121 Å². The molecule has 0 radical (unpaired) electrons. The van der Waals surface area contributed by atoms with Crippen molar-refractivity contribution in [2.24, 2.45) is 7.05 Å². The maximum Gasteiger partial charge on any atom is 0.268 e. The highest BCUT2D eigenvalue weighted by Crippen LogP contribution is 2.18. The molecule has 0 saturated carbocycles. The highest BCUT2D eigenvalue weighted by molar-refractivity contribution is 9.10. The fourth-order valence-electron chi connectivity index (χ4n) is 1.97. The Morgan fingerprint density at radius 3 is 2.63 bits per heavy atom. The summed E-state index contributed by atoms with van der Waals surface area (Å²) in [6.45, 7) is 3.96. The minimum atomic E-state index is -0.0527. The van der Waals surface area contributed by atoms with Crippen molar-refractivity contribution in [1.82, 2.24) is 9.88 Å². The molecule has 0 spiro atoms. The first-order valence-electron chi connectivity index (χ1n) is 6.17. The molecule has 0 bridgehead atoms. The van der Waals surface area contributed by atoms with Gasteiger partial charge in [-0.2, -0.15) is 0 Å². The largest absolute Gasteiger partial charge is 0.344 e. The number of benzene rings is 1. The van der Waals surface area contributed by atoms with Gasteiger partial charge in [0.1, 0.15) is 5.69 Å². The fourth-order valence-corrected chi connectivity index (χ4v) is 2.39. The van der Waals surface area contributed by atoms with Gasteiger partial charge in [0.2, 0.25) is 0 Å². The third kappa shape index (κ3) is 3.07. The van der Waals surface area contributed by atoms with Gasteiger partial charge >= 0.3 is 0 Å². The van der Waals surface area contributed by atoms with Crippen molar-refractivity contribution in [3.8, 4) is 0 Å². The molecule has 19 heavy (non-hydrogen) atoms. The summed E-state index contributed by atoms with van der Waals surface area (Å²) in [5, 5.41) is 3.01. The summed E-state index contributed by atoms with van der Waals surface area (Å²) < 4.78 is 2.91. The van der Waals surface area contributed by atoms with Gasteiger partial charge in [0.15, 0.2) is 0 Å². The van der Waals surface area contributed by atoms with E-state index < -0.39 is 0 Å². The summed E-state index contributed by atoms with van der Waals surface area (Å²) in [6, 6.07) is 11.7. The van der Waals surface area contributed by atoms with Gasteiger partial charge in [-0.05, 0) is 43.7 Å². The van der Waals surface area contributed by atoms with Gasteiger partial charge in [-0.1, -0.05) is 28.1 Å². The van der Waals surface area contributed by atoms with Gasteiger partial charge in [0.05, 0.1) is 6.04 Å². The van der Waals surface area contributed by atoms with Crippen LogP contribution in [0.4, 0.5) is 0 Å². The molecule has 2 rings (SSSR count). The Morgan fingerprint density at radius 1 is 1.32 bits per heavy atom. The van der Waals surface area contributed by atoms with E-state index in [0.29, 0.717) is 5.69 Å². The maximum absolute atomic E-state index is 12.2. The van der Waals surface area contributed by atoms with Crippen LogP contribution in [-0.2, 0) is 7.05 Å². The molecule has 1 atom stereocenters. The molecule has 0 aliphatic carbocycles. The van der Waals surface area contributed by atoms with E-state index in [9.17, 15) is 4.79 Å². The van der Waals surface area contributed by atoms with Crippen LogP contribution in [0.2, 0.25) is 0 Å². The molecule has 4 heteroatoms. The minimum absolute atomic E-state index is 0.0276. The Balaban J connectivity index is 2.13. The zero-order valence-electron chi connectivity index (χ0n) is 11.3. The monoisotopic (exact) mass is 320 g/mol. The lowest BCUT2D eigenvalue weighted by molar-refractivity contribution is 0.0931. The van der Waals surface area contributed by atoms with Gasteiger partial charge in [-0.15, -0.1) is 0 Å². The minimum Gasteiger partial charge on any atom is -0.344 e. The number of carbonyl (C=O) groups is 1. The molecule has 3 nitrogen and oxygen atoms in total. The average molecular weight is 321 g/mol. The standard InChI is InChI=1S/C15H17BrN2O/c1-10-7-8-14(18(10)3)15(19)17-11(2)12-5-4-6-13(16)9-12/h4-9,11H,1-3H3,(H,17,19)/t11-/m1/s1. The van der Waals surface area contributed by atoms with Crippen molar-refractivity contribution in [2.45, 2.75) is 19.9 Å². The van der Waals surface area contributed by atoms with Crippen molar-refractivity contribution in [2.75, 3.05) is 0 Å². The van der Waals surface area contributed by atoms with E-state index in [4.69, 9.17) is 0 Å². The van der Waals surface area contributed by atoms with Crippen LogP contribution in [0.15, 0.2) is 40.9 Å². The van der Waals surface area contributed by atoms with Crippen LogP contribution >= 0.6 is 15.9 Å². The van der Waals surface area contributed by atoms with Crippen LogP contribution < -0.4 is 5.32 Å². The van der Waals surface area contributed by atoms with E-state index in [-0.39, 0.29) is 11.9 Å². The van der Waals surface area contributed by atoms with Crippen LogP contribution in [0.5, 0.6) is 0 Å². The fraction of sp³-hybridized carbons (Fsp3) is 0.267. The van der Waals surface area contributed by atoms with E-state index >= 15 is 0 Å². The van der Waals surface area contributed by atoms with E-state index in [0.717, 1.165) is 15.7 Å². The lowest BCUT2D eigenvalue weighted by Gasteiger charge is -2.15. The number of halogens is 1. The summed E-state index contributed by atoms with van der Waals surface area (Å²) in [6.07, 6.45) is 0. The predicted molar refractivity (Wildman–Crippen MR) is 80.2 cm³/mol.